The number of nitrogens with zero attached hydrogens (tertiary/aromatic N) is 3. The van der Waals surface area contributed by atoms with Crippen LogP contribution in [0.5, 0.6) is 23.1 Å². The normalized spacial score (nSPS) is 11.0. The van der Waals surface area contributed by atoms with Crippen LogP contribution in [0, 0.1) is 5.21 Å². The number of benzene rings is 1. The Morgan fingerprint density at radius 1 is 1.10 bits per heavy atom. The third-order valence-corrected chi connectivity index (χ3v) is 3.91. The Morgan fingerprint density at radius 3 is 2.52 bits per heavy atom. The van der Waals surface area contributed by atoms with Crippen molar-refractivity contribution >= 4 is 11.6 Å². The highest BCUT2D eigenvalue weighted by Crippen LogP contribution is 2.36. The summed E-state index contributed by atoms with van der Waals surface area (Å²) in [6, 6.07) is 7.67. The number of nitrogens with one attached hydrogen (secondary N) is 1. The largest absolute Gasteiger partial charge is 0.619 e. The Morgan fingerprint density at radius 2 is 1.87 bits per heavy atom. The van der Waals surface area contributed by atoms with Gasteiger partial charge < -0.3 is 24.7 Å². The third-order valence-electron chi connectivity index (χ3n) is 3.91. The van der Waals surface area contributed by atoms with Crippen LogP contribution >= 0.6 is 0 Å². The van der Waals surface area contributed by atoms with E-state index in [0.717, 1.165) is 6.20 Å². The molecule has 3 aromatic rings. The van der Waals surface area contributed by atoms with Crippen molar-refractivity contribution in [3.05, 3.63) is 65.3 Å². The molecule has 162 valence electrons. The molecule has 1 aromatic carbocycles. The summed E-state index contributed by atoms with van der Waals surface area (Å²) in [5.41, 5.74) is -1.89. The van der Waals surface area contributed by atoms with Gasteiger partial charge in [-0.3, -0.25) is 4.79 Å². The Labute approximate surface area is 173 Å². The predicted molar refractivity (Wildman–Crippen MR) is 100 cm³/mol. The molecule has 0 fully saturated rings. The summed E-state index contributed by atoms with van der Waals surface area (Å²) in [6.45, 7) is 0. The van der Waals surface area contributed by atoms with E-state index in [1.165, 1.54) is 50.7 Å². The van der Waals surface area contributed by atoms with Crippen LogP contribution in [0.3, 0.4) is 0 Å². The third kappa shape index (κ3) is 5.10. The standard InChI is InChI=1S/C19H15F3N4O5/c1-29-12-5-6-14(15(8-12)30-2)31-18-13(9-16(24-25-18)19(20,21)22)17(27)23-11-4-3-7-26(28)10-11/h3-10H,1-2H3,(H,23,27). The van der Waals surface area contributed by atoms with Crippen molar-refractivity contribution in [2.45, 2.75) is 6.18 Å². The molecule has 0 saturated heterocycles. The predicted octanol–water partition coefficient (Wildman–Crippen LogP) is 3.19. The van der Waals surface area contributed by atoms with Gasteiger partial charge in [0.25, 0.3) is 11.8 Å². The van der Waals surface area contributed by atoms with E-state index in [4.69, 9.17) is 14.2 Å². The van der Waals surface area contributed by atoms with Gasteiger partial charge >= 0.3 is 6.18 Å². The summed E-state index contributed by atoms with van der Waals surface area (Å²) in [4.78, 5) is 12.7. The molecule has 3 rings (SSSR count). The highest BCUT2D eigenvalue weighted by atomic mass is 19.4. The fourth-order valence-electron chi connectivity index (χ4n) is 2.45. The molecular weight excluding hydrogens is 421 g/mol. The van der Waals surface area contributed by atoms with E-state index >= 15 is 0 Å². The summed E-state index contributed by atoms with van der Waals surface area (Å²) in [6.07, 6.45) is -2.64. The van der Waals surface area contributed by atoms with Gasteiger partial charge in [-0.25, -0.2) is 0 Å². The second-order valence-electron chi connectivity index (χ2n) is 5.97. The number of aromatic nitrogens is 3. The van der Waals surface area contributed by atoms with Crippen molar-refractivity contribution in [2.24, 2.45) is 0 Å². The molecule has 1 N–H and O–H groups in total. The van der Waals surface area contributed by atoms with Crippen molar-refractivity contribution in [3.8, 4) is 23.1 Å². The number of pyridine rings is 1. The quantitative estimate of drug-likeness (QED) is 0.467. The monoisotopic (exact) mass is 436 g/mol. The van der Waals surface area contributed by atoms with Gasteiger partial charge in [0.1, 0.15) is 17.0 Å². The van der Waals surface area contributed by atoms with Crippen LogP contribution < -0.4 is 24.3 Å². The Bertz CT molecular complexity index is 1110. The first-order valence-corrected chi connectivity index (χ1v) is 8.56. The Hall–Kier alpha value is -4.09. The topological polar surface area (TPSA) is 110 Å². The van der Waals surface area contributed by atoms with Crippen molar-refractivity contribution < 1.29 is 36.9 Å². The van der Waals surface area contributed by atoms with Crippen LogP contribution in [0.25, 0.3) is 0 Å². The van der Waals surface area contributed by atoms with E-state index in [9.17, 15) is 23.2 Å². The molecule has 2 aromatic heterocycles. The molecule has 0 bridgehead atoms. The van der Waals surface area contributed by atoms with Gasteiger partial charge in [-0.15, -0.1) is 10.2 Å². The number of amides is 1. The maximum Gasteiger partial charge on any atom is 0.435 e. The Balaban J connectivity index is 2.01. The number of carbonyl (C=O) groups is 1. The van der Waals surface area contributed by atoms with Gasteiger partial charge in [0.05, 0.1) is 14.2 Å². The fourth-order valence-corrected chi connectivity index (χ4v) is 2.45. The maximum atomic E-state index is 13.1. The number of halogens is 3. The minimum Gasteiger partial charge on any atom is -0.619 e. The van der Waals surface area contributed by atoms with Crippen molar-refractivity contribution in [1.29, 1.82) is 0 Å². The highest BCUT2D eigenvalue weighted by Gasteiger charge is 2.35. The van der Waals surface area contributed by atoms with E-state index in [0.29, 0.717) is 16.5 Å². The number of anilines is 1. The molecule has 0 aliphatic heterocycles. The summed E-state index contributed by atoms with van der Waals surface area (Å²) >= 11 is 0. The van der Waals surface area contributed by atoms with E-state index in [2.05, 4.69) is 15.5 Å². The molecule has 2 heterocycles. The average molecular weight is 436 g/mol. The first-order valence-electron chi connectivity index (χ1n) is 8.56. The van der Waals surface area contributed by atoms with Crippen LogP contribution in [-0.4, -0.2) is 30.3 Å². The lowest BCUT2D eigenvalue weighted by atomic mass is 10.2. The molecule has 9 nitrogen and oxygen atoms in total. The van der Waals surface area contributed by atoms with Gasteiger partial charge in [0.2, 0.25) is 6.20 Å². The molecule has 0 saturated carbocycles. The second-order valence-corrected chi connectivity index (χ2v) is 5.97. The number of hydrogen-bond acceptors (Lipinski definition) is 7. The summed E-state index contributed by atoms with van der Waals surface area (Å²) in [5, 5.41) is 20.2. The summed E-state index contributed by atoms with van der Waals surface area (Å²) in [7, 11) is 2.79. The van der Waals surface area contributed by atoms with Gasteiger partial charge in [-0.2, -0.15) is 17.9 Å². The van der Waals surface area contributed by atoms with Gasteiger partial charge in [-0.05, 0) is 24.3 Å². The number of ether oxygens (including phenoxy) is 3. The van der Waals surface area contributed by atoms with Crippen molar-refractivity contribution in [3.63, 3.8) is 0 Å². The first kappa shape index (κ1) is 21.6. The average Bonchev–Trinajstić information content (AvgIpc) is 2.73. The first-order chi connectivity index (χ1) is 14.7. The van der Waals surface area contributed by atoms with Crippen LogP contribution in [0.15, 0.2) is 48.8 Å². The molecular formula is C19H15F3N4O5. The van der Waals surface area contributed by atoms with Crippen LogP contribution in [-0.2, 0) is 6.18 Å². The summed E-state index contributed by atoms with van der Waals surface area (Å²) < 4.78 is 55.6. The smallest absolute Gasteiger partial charge is 0.435 e. The molecule has 12 heteroatoms. The zero-order chi connectivity index (χ0) is 22.6. The lowest BCUT2D eigenvalue weighted by Gasteiger charge is -2.14. The second kappa shape index (κ2) is 8.73. The molecule has 0 aliphatic carbocycles. The van der Waals surface area contributed by atoms with Gasteiger partial charge in [-0.1, -0.05) is 0 Å². The summed E-state index contributed by atoms with van der Waals surface area (Å²) in [5.74, 6) is -0.809. The SMILES string of the molecule is COc1ccc(Oc2nnc(C(F)(F)F)cc2C(=O)Nc2ccc[n+]([O-])c2)c(OC)c1. The highest BCUT2D eigenvalue weighted by molar-refractivity contribution is 6.05. The number of alkyl halides is 3. The number of hydrogen-bond donors (Lipinski definition) is 1. The molecule has 0 aliphatic rings. The zero-order valence-electron chi connectivity index (χ0n) is 16.1. The zero-order valence-corrected chi connectivity index (χ0v) is 16.1. The van der Waals surface area contributed by atoms with Crippen LogP contribution in [0.1, 0.15) is 16.1 Å². The van der Waals surface area contributed by atoms with E-state index in [1.807, 2.05) is 0 Å². The van der Waals surface area contributed by atoms with E-state index in [1.54, 1.807) is 0 Å². The van der Waals surface area contributed by atoms with Gasteiger partial charge in [0, 0.05) is 12.1 Å². The molecule has 31 heavy (non-hydrogen) atoms. The fraction of sp³-hybridized carbons (Fsp3) is 0.158. The van der Waals surface area contributed by atoms with E-state index in [-0.39, 0.29) is 17.2 Å². The molecule has 0 atom stereocenters. The minimum atomic E-state index is -4.84. The van der Waals surface area contributed by atoms with Crippen LogP contribution in [0.2, 0.25) is 0 Å². The lowest BCUT2D eigenvalue weighted by molar-refractivity contribution is -0.604. The Kier molecular flexibility index (Phi) is 6.09. The van der Waals surface area contributed by atoms with E-state index < -0.39 is 29.2 Å². The number of rotatable bonds is 6. The minimum absolute atomic E-state index is 0.0563. The van der Waals surface area contributed by atoms with Crippen molar-refractivity contribution in [2.75, 3.05) is 19.5 Å². The van der Waals surface area contributed by atoms with Crippen molar-refractivity contribution in [1.82, 2.24) is 10.2 Å². The maximum absolute atomic E-state index is 13.1. The molecule has 0 unspecified atom stereocenters. The van der Waals surface area contributed by atoms with Gasteiger partial charge in [0.15, 0.2) is 23.4 Å². The number of methoxy groups -OCH3 is 2. The lowest BCUT2D eigenvalue weighted by Crippen LogP contribution is -2.26. The molecule has 0 spiro atoms. The van der Waals surface area contributed by atoms with Crippen LogP contribution in [0.4, 0.5) is 18.9 Å². The molecule has 1 amide bonds. The molecule has 0 radical (unpaired) electrons. The number of carbonyl (C=O) groups excluding carboxylic acids is 1.